The largest absolute Gasteiger partial charge is 0.372 e. The molecule has 21 heavy (non-hydrogen) atoms. The first-order chi connectivity index (χ1) is 10.2. The molecule has 1 saturated heterocycles. The highest BCUT2D eigenvalue weighted by atomic mass is 35.5. The van der Waals surface area contributed by atoms with Gasteiger partial charge in [0.1, 0.15) is 5.82 Å². The van der Waals surface area contributed by atoms with Crippen molar-refractivity contribution in [3.63, 3.8) is 0 Å². The third-order valence-corrected chi connectivity index (χ3v) is 3.96. The highest BCUT2D eigenvalue weighted by molar-refractivity contribution is 6.30. The number of nitrogens with one attached hydrogen (secondary N) is 1. The fourth-order valence-electron chi connectivity index (χ4n) is 2.57. The molecule has 2 nitrogen and oxygen atoms in total. The molecule has 3 rings (SSSR count). The lowest BCUT2D eigenvalue weighted by Crippen LogP contribution is -2.16. The van der Waals surface area contributed by atoms with Crippen molar-refractivity contribution in [2.24, 2.45) is 0 Å². The van der Waals surface area contributed by atoms with Crippen LogP contribution in [0.25, 0.3) is 11.1 Å². The molecule has 2 aromatic rings. The van der Waals surface area contributed by atoms with Crippen molar-refractivity contribution < 1.29 is 9.13 Å². The maximum Gasteiger partial charge on any atom is 0.123 e. The summed E-state index contributed by atoms with van der Waals surface area (Å²) >= 11 is 5.92. The summed E-state index contributed by atoms with van der Waals surface area (Å²) in [4.78, 5) is 0. The molecule has 1 heterocycles. The molecule has 0 unspecified atom stereocenters. The lowest BCUT2D eigenvalue weighted by Gasteiger charge is -2.14. The summed E-state index contributed by atoms with van der Waals surface area (Å²) in [6, 6.07) is 12.4. The first-order valence-electron chi connectivity index (χ1n) is 7.09. The maximum absolute atomic E-state index is 13.5. The number of ether oxygens (including phenoxy) is 1. The Morgan fingerprint density at radius 3 is 2.71 bits per heavy atom. The molecular weight excluding hydrogens is 289 g/mol. The average molecular weight is 306 g/mol. The van der Waals surface area contributed by atoms with Crippen LogP contribution in [-0.2, 0) is 11.3 Å². The minimum atomic E-state index is -0.240. The lowest BCUT2D eigenvalue weighted by atomic mass is 10.00. The van der Waals surface area contributed by atoms with E-state index in [0.29, 0.717) is 11.6 Å². The van der Waals surface area contributed by atoms with E-state index in [2.05, 4.69) is 5.32 Å². The molecule has 0 saturated carbocycles. The standard InChI is InChI=1S/C17H17ClFNO/c18-14-3-1-12(2-4-14)17-6-5-15(19)9-13(17)11-21-16-7-8-20-10-16/h1-6,9,16,20H,7-8,10-11H2/t16-/m0/s1. The van der Waals surface area contributed by atoms with Crippen LogP contribution in [0.15, 0.2) is 42.5 Å². The van der Waals surface area contributed by atoms with Gasteiger partial charge in [0.05, 0.1) is 12.7 Å². The number of hydrogen-bond acceptors (Lipinski definition) is 2. The summed E-state index contributed by atoms with van der Waals surface area (Å²) < 4.78 is 19.4. The van der Waals surface area contributed by atoms with E-state index in [1.54, 1.807) is 12.1 Å². The van der Waals surface area contributed by atoms with E-state index in [9.17, 15) is 4.39 Å². The predicted molar refractivity (Wildman–Crippen MR) is 82.9 cm³/mol. The van der Waals surface area contributed by atoms with E-state index in [1.807, 2.05) is 24.3 Å². The molecule has 1 aliphatic heterocycles. The van der Waals surface area contributed by atoms with E-state index in [0.717, 1.165) is 36.2 Å². The van der Waals surface area contributed by atoms with E-state index < -0.39 is 0 Å². The second kappa shape index (κ2) is 6.56. The molecular formula is C17H17ClFNO. The molecule has 1 aliphatic rings. The van der Waals surface area contributed by atoms with E-state index >= 15 is 0 Å². The second-order valence-electron chi connectivity index (χ2n) is 5.23. The van der Waals surface area contributed by atoms with Gasteiger partial charge in [0.2, 0.25) is 0 Å². The van der Waals surface area contributed by atoms with E-state index in [1.165, 1.54) is 6.07 Å². The van der Waals surface area contributed by atoms with Crippen molar-refractivity contribution in [2.75, 3.05) is 13.1 Å². The van der Waals surface area contributed by atoms with Crippen molar-refractivity contribution in [2.45, 2.75) is 19.1 Å². The van der Waals surface area contributed by atoms with Gasteiger partial charge in [-0.1, -0.05) is 29.8 Å². The van der Waals surface area contributed by atoms with Crippen molar-refractivity contribution in [1.29, 1.82) is 0 Å². The zero-order valence-corrected chi connectivity index (χ0v) is 12.4. The Morgan fingerprint density at radius 1 is 1.19 bits per heavy atom. The maximum atomic E-state index is 13.5. The van der Waals surface area contributed by atoms with Crippen LogP contribution >= 0.6 is 11.6 Å². The quantitative estimate of drug-likeness (QED) is 0.921. The number of halogens is 2. The van der Waals surface area contributed by atoms with E-state index in [4.69, 9.17) is 16.3 Å². The molecule has 110 valence electrons. The summed E-state index contributed by atoms with van der Waals surface area (Å²) in [5, 5.41) is 3.95. The fraction of sp³-hybridized carbons (Fsp3) is 0.294. The average Bonchev–Trinajstić information content (AvgIpc) is 3.00. The monoisotopic (exact) mass is 305 g/mol. The third-order valence-electron chi connectivity index (χ3n) is 3.71. The van der Waals surface area contributed by atoms with Crippen LogP contribution in [0, 0.1) is 5.82 Å². The van der Waals surface area contributed by atoms with Crippen LogP contribution in [0.5, 0.6) is 0 Å². The van der Waals surface area contributed by atoms with Gasteiger partial charge in [0.15, 0.2) is 0 Å². The summed E-state index contributed by atoms with van der Waals surface area (Å²) in [5.41, 5.74) is 2.87. The second-order valence-corrected chi connectivity index (χ2v) is 5.67. The lowest BCUT2D eigenvalue weighted by molar-refractivity contribution is 0.0543. The highest BCUT2D eigenvalue weighted by Gasteiger charge is 2.16. The first kappa shape index (κ1) is 14.5. The Morgan fingerprint density at radius 2 is 2.00 bits per heavy atom. The number of benzene rings is 2. The summed E-state index contributed by atoms with van der Waals surface area (Å²) in [7, 11) is 0. The predicted octanol–water partition coefficient (Wildman–Crippen LogP) is 4.02. The van der Waals surface area contributed by atoms with Gasteiger partial charge in [-0.25, -0.2) is 4.39 Å². The molecule has 0 aromatic heterocycles. The zero-order chi connectivity index (χ0) is 14.7. The van der Waals surface area contributed by atoms with Crippen molar-refractivity contribution >= 4 is 11.6 Å². The van der Waals surface area contributed by atoms with Gasteiger partial charge in [-0.3, -0.25) is 0 Å². The molecule has 0 aliphatic carbocycles. The van der Waals surface area contributed by atoms with Crippen molar-refractivity contribution in [3.05, 3.63) is 58.9 Å². The first-order valence-corrected chi connectivity index (χ1v) is 7.47. The molecule has 2 aromatic carbocycles. The summed E-state index contributed by atoms with van der Waals surface area (Å²) in [6.07, 6.45) is 1.22. The Bertz CT molecular complexity index is 609. The molecule has 1 fully saturated rings. The molecule has 0 amide bonds. The van der Waals surface area contributed by atoms with Crippen LogP contribution in [0.3, 0.4) is 0 Å². The van der Waals surface area contributed by atoms with Gasteiger partial charge >= 0.3 is 0 Å². The van der Waals surface area contributed by atoms with Crippen LogP contribution in [0.4, 0.5) is 4.39 Å². The Hall–Kier alpha value is -1.42. The van der Waals surface area contributed by atoms with E-state index in [-0.39, 0.29) is 11.9 Å². The molecule has 0 bridgehead atoms. The van der Waals surface area contributed by atoms with Crippen LogP contribution in [0.2, 0.25) is 5.02 Å². The van der Waals surface area contributed by atoms with Crippen LogP contribution in [0.1, 0.15) is 12.0 Å². The minimum Gasteiger partial charge on any atom is -0.372 e. The van der Waals surface area contributed by atoms with Crippen LogP contribution in [-0.4, -0.2) is 19.2 Å². The molecule has 4 heteroatoms. The van der Waals surface area contributed by atoms with Crippen molar-refractivity contribution in [3.8, 4) is 11.1 Å². The fourth-order valence-corrected chi connectivity index (χ4v) is 2.70. The van der Waals surface area contributed by atoms with Gasteiger partial charge in [-0.05, 0) is 53.9 Å². The normalized spacial score (nSPS) is 18.1. The smallest absolute Gasteiger partial charge is 0.123 e. The minimum absolute atomic E-state index is 0.214. The van der Waals surface area contributed by atoms with Gasteiger partial charge in [-0.15, -0.1) is 0 Å². The number of hydrogen-bond donors (Lipinski definition) is 1. The summed E-state index contributed by atoms with van der Waals surface area (Å²) in [6.45, 7) is 2.27. The molecule has 0 radical (unpaired) electrons. The molecule has 0 spiro atoms. The topological polar surface area (TPSA) is 21.3 Å². The Kier molecular flexibility index (Phi) is 4.54. The Labute approximate surface area is 128 Å². The van der Waals surface area contributed by atoms with Gasteiger partial charge in [0, 0.05) is 11.6 Å². The van der Waals surface area contributed by atoms with Crippen molar-refractivity contribution in [1.82, 2.24) is 5.32 Å². The molecule has 1 atom stereocenters. The van der Waals surface area contributed by atoms with Crippen LogP contribution < -0.4 is 5.32 Å². The van der Waals surface area contributed by atoms with Gasteiger partial charge in [-0.2, -0.15) is 0 Å². The third kappa shape index (κ3) is 3.62. The SMILES string of the molecule is Fc1ccc(-c2ccc(Cl)cc2)c(CO[C@H]2CCNC2)c1. The summed E-state index contributed by atoms with van der Waals surface area (Å²) in [5.74, 6) is -0.240. The van der Waals surface area contributed by atoms with Gasteiger partial charge < -0.3 is 10.1 Å². The zero-order valence-electron chi connectivity index (χ0n) is 11.6. The number of rotatable bonds is 4. The molecule has 1 N–H and O–H groups in total. The van der Waals surface area contributed by atoms with Gasteiger partial charge in [0.25, 0.3) is 0 Å². The Balaban J connectivity index is 1.83. The highest BCUT2D eigenvalue weighted by Crippen LogP contribution is 2.27.